The van der Waals surface area contributed by atoms with Crippen molar-refractivity contribution in [3.63, 3.8) is 0 Å². The van der Waals surface area contributed by atoms with Gasteiger partial charge in [0.15, 0.2) is 5.69 Å². The normalized spacial score (nSPS) is 10.3. The molecule has 2 aromatic carbocycles. The van der Waals surface area contributed by atoms with E-state index in [9.17, 15) is 10.1 Å². The van der Waals surface area contributed by atoms with E-state index in [1.165, 1.54) is 5.56 Å². The number of primary amides is 1. The number of nitrogens with two attached hydrogens (primary N) is 1. The van der Waals surface area contributed by atoms with Crippen molar-refractivity contribution in [2.45, 2.75) is 12.8 Å². The van der Waals surface area contributed by atoms with Crippen molar-refractivity contribution >= 4 is 5.91 Å². The van der Waals surface area contributed by atoms with Gasteiger partial charge in [0.05, 0.1) is 11.4 Å². The molecule has 6 heteroatoms. The Morgan fingerprint density at radius 2 is 1.79 bits per heavy atom. The monoisotopic (exact) mass is 317 g/mol. The molecule has 0 saturated carbocycles. The van der Waals surface area contributed by atoms with Gasteiger partial charge in [-0.1, -0.05) is 35.5 Å². The Hall–Kier alpha value is -3.46. The summed E-state index contributed by atoms with van der Waals surface area (Å²) in [6, 6.07) is 18.8. The maximum Gasteiger partial charge on any atom is 0.248 e. The SMILES string of the molecule is N#Cc1nnn(-c2ccc(C(N)=O)cc2)c1CCc1ccccc1. The van der Waals surface area contributed by atoms with Crippen LogP contribution in [0.5, 0.6) is 0 Å². The minimum atomic E-state index is -0.484. The van der Waals surface area contributed by atoms with Gasteiger partial charge in [-0.15, -0.1) is 5.10 Å². The Kier molecular flexibility index (Phi) is 4.34. The molecule has 0 aliphatic carbocycles. The number of carbonyl (C=O) groups is 1. The van der Waals surface area contributed by atoms with Crippen molar-refractivity contribution < 1.29 is 4.79 Å². The van der Waals surface area contributed by atoms with Crippen LogP contribution in [-0.4, -0.2) is 20.9 Å². The van der Waals surface area contributed by atoms with E-state index in [1.54, 1.807) is 28.9 Å². The molecule has 0 bridgehead atoms. The van der Waals surface area contributed by atoms with Gasteiger partial charge < -0.3 is 5.73 Å². The van der Waals surface area contributed by atoms with Gasteiger partial charge in [0.2, 0.25) is 5.91 Å². The Labute approximate surface area is 139 Å². The average Bonchev–Trinajstić information content (AvgIpc) is 3.03. The molecule has 24 heavy (non-hydrogen) atoms. The number of rotatable bonds is 5. The highest BCUT2D eigenvalue weighted by molar-refractivity contribution is 5.92. The van der Waals surface area contributed by atoms with Crippen LogP contribution in [-0.2, 0) is 12.8 Å². The van der Waals surface area contributed by atoms with E-state index in [1.807, 2.05) is 30.3 Å². The Balaban J connectivity index is 1.90. The van der Waals surface area contributed by atoms with Crippen LogP contribution in [0.15, 0.2) is 54.6 Å². The zero-order valence-corrected chi connectivity index (χ0v) is 12.9. The summed E-state index contributed by atoms with van der Waals surface area (Å²) in [5.41, 5.74) is 8.64. The lowest BCUT2D eigenvalue weighted by Crippen LogP contribution is -2.11. The predicted molar refractivity (Wildman–Crippen MR) is 88.4 cm³/mol. The van der Waals surface area contributed by atoms with E-state index < -0.39 is 5.91 Å². The molecule has 2 N–H and O–H groups in total. The highest BCUT2D eigenvalue weighted by Crippen LogP contribution is 2.16. The van der Waals surface area contributed by atoms with Crippen LogP contribution < -0.4 is 5.73 Å². The second kappa shape index (κ2) is 6.75. The van der Waals surface area contributed by atoms with E-state index in [0.29, 0.717) is 17.7 Å². The number of amides is 1. The van der Waals surface area contributed by atoms with Gasteiger partial charge in [0, 0.05) is 5.56 Å². The maximum atomic E-state index is 11.2. The van der Waals surface area contributed by atoms with Crippen molar-refractivity contribution in [3.05, 3.63) is 77.1 Å². The predicted octanol–water partition coefficient (Wildman–Crippen LogP) is 2.02. The number of carbonyl (C=O) groups excluding carboxylic acids is 1. The zero-order chi connectivity index (χ0) is 16.9. The van der Waals surface area contributed by atoms with Crippen molar-refractivity contribution in [2.75, 3.05) is 0 Å². The molecule has 3 aromatic rings. The summed E-state index contributed by atoms with van der Waals surface area (Å²) in [7, 11) is 0. The van der Waals surface area contributed by atoms with Gasteiger partial charge in [-0.2, -0.15) is 5.26 Å². The van der Waals surface area contributed by atoms with Gasteiger partial charge in [0.1, 0.15) is 6.07 Å². The summed E-state index contributed by atoms with van der Waals surface area (Å²) < 4.78 is 1.63. The number of hydrogen-bond donors (Lipinski definition) is 1. The van der Waals surface area contributed by atoms with Crippen LogP contribution in [0.2, 0.25) is 0 Å². The van der Waals surface area contributed by atoms with Crippen LogP contribution >= 0.6 is 0 Å². The summed E-state index contributed by atoms with van der Waals surface area (Å²) in [5.74, 6) is -0.484. The number of aryl methyl sites for hydroxylation is 1. The number of benzene rings is 2. The zero-order valence-electron chi connectivity index (χ0n) is 12.9. The van der Waals surface area contributed by atoms with Crippen molar-refractivity contribution in [1.82, 2.24) is 15.0 Å². The summed E-state index contributed by atoms with van der Waals surface area (Å²) in [6.45, 7) is 0. The number of nitrogens with zero attached hydrogens (tertiary/aromatic N) is 4. The lowest BCUT2D eigenvalue weighted by atomic mass is 10.1. The first-order valence-corrected chi connectivity index (χ1v) is 7.48. The molecule has 0 saturated heterocycles. The molecular formula is C18H15N5O. The molecule has 6 nitrogen and oxygen atoms in total. The lowest BCUT2D eigenvalue weighted by molar-refractivity contribution is 0.100. The second-order valence-corrected chi connectivity index (χ2v) is 5.31. The maximum absolute atomic E-state index is 11.2. The van der Waals surface area contributed by atoms with Crippen molar-refractivity contribution in [1.29, 1.82) is 5.26 Å². The Morgan fingerprint density at radius 1 is 1.08 bits per heavy atom. The van der Waals surface area contributed by atoms with Crippen molar-refractivity contribution in [2.24, 2.45) is 5.73 Å². The molecule has 0 radical (unpaired) electrons. The van der Waals surface area contributed by atoms with E-state index in [-0.39, 0.29) is 0 Å². The Bertz CT molecular complexity index is 891. The molecule has 118 valence electrons. The van der Waals surface area contributed by atoms with Crippen molar-refractivity contribution in [3.8, 4) is 11.8 Å². The summed E-state index contributed by atoms with van der Waals surface area (Å²) in [4.78, 5) is 11.2. The van der Waals surface area contributed by atoms with Crippen LogP contribution in [0.4, 0.5) is 0 Å². The number of nitriles is 1. The first-order valence-electron chi connectivity index (χ1n) is 7.48. The Morgan fingerprint density at radius 3 is 2.42 bits per heavy atom. The highest BCUT2D eigenvalue weighted by Gasteiger charge is 2.14. The van der Waals surface area contributed by atoms with Gasteiger partial charge in [-0.3, -0.25) is 4.79 Å². The van der Waals surface area contributed by atoms with Crippen LogP contribution in [0, 0.1) is 11.3 Å². The molecule has 0 aliphatic heterocycles. The lowest BCUT2D eigenvalue weighted by Gasteiger charge is -2.07. The molecule has 0 fully saturated rings. The molecule has 1 heterocycles. The first kappa shape index (κ1) is 15.4. The van der Waals surface area contributed by atoms with E-state index in [0.717, 1.165) is 17.8 Å². The fourth-order valence-corrected chi connectivity index (χ4v) is 2.49. The van der Waals surface area contributed by atoms with Gasteiger partial charge in [-0.25, -0.2) is 4.68 Å². The molecule has 0 spiro atoms. The van der Waals surface area contributed by atoms with E-state index in [2.05, 4.69) is 16.4 Å². The average molecular weight is 317 g/mol. The van der Waals surface area contributed by atoms with Crippen LogP contribution in [0.1, 0.15) is 27.3 Å². The minimum Gasteiger partial charge on any atom is -0.366 e. The molecule has 1 amide bonds. The number of aromatic nitrogens is 3. The molecule has 0 unspecified atom stereocenters. The van der Waals surface area contributed by atoms with E-state index >= 15 is 0 Å². The van der Waals surface area contributed by atoms with Gasteiger partial charge >= 0.3 is 0 Å². The van der Waals surface area contributed by atoms with E-state index in [4.69, 9.17) is 5.73 Å². The van der Waals surface area contributed by atoms with Crippen LogP contribution in [0.3, 0.4) is 0 Å². The number of hydrogen-bond acceptors (Lipinski definition) is 4. The van der Waals surface area contributed by atoms with Gasteiger partial charge in [0.25, 0.3) is 0 Å². The minimum absolute atomic E-state index is 0.310. The van der Waals surface area contributed by atoms with Crippen LogP contribution in [0.25, 0.3) is 5.69 Å². The molecule has 3 rings (SSSR count). The third-order valence-electron chi connectivity index (χ3n) is 3.76. The second-order valence-electron chi connectivity index (χ2n) is 5.31. The largest absolute Gasteiger partial charge is 0.366 e. The highest BCUT2D eigenvalue weighted by atomic mass is 16.1. The summed E-state index contributed by atoms with van der Waals surface area (Å²) in [5, 5.41) is 17.3. The van der Waals surface area contributed by atoms with Gasteiger partial charge in [-0.05, 0) is 42.7 Å². The standard InChI is InChI=1S/C18H15N5O/c19-12-16-17(11-6-13-4-2-1-3-5-13)23(22-21-16)15-9-7-14(8-10-15)18(20)24/h1-5,7-10H,6,11H2,(H2,20,24). The first-order chi connectivity index (χ1) is 11.7. The molecule has 0 aliphatic rings. The summed E-state index contributed by atoms with van der Waals surface area (Å²) >= 11 is 0. The smallest absolute Gasteiger partial charge is 0.248 e. The quantitative estimate of drug-likeness (QED) is 0.778. The third kappa shape index (κ3) is 3.15. The fourth-order valence-electron chi connectivity index (χ4n) is 2.49. The summed E-state index contributed by atoms with van der Waals surface area (Å²) in [6.07, 6.45) is 1.42. The molecule has 0 atom stereocenters. The fraction of sp³-hybridized carbons (Fsp3) is 0.111. The third-order valence-corrected chi connectivity index (χ3v) is 3.76. The topological polar surface area (TPSA) is 97.6 Å². The molecule has 1 aromatic heterocycles. The molecular weight excluding hydrogens is 302 g/mol.